The number of nitrogens with one attached hydrogen (secondary N) is 1. The fourth-order valence-electron chi connectivity index (χ4n) is 3.25. The Morgan fingerprint density at radius 3 is 2.36 bits per heavy atom. The second-order valence-electron chi connectivity index (χ2n) is 6.35. The van der Waals surface area contributed by atoms with Crippen LogP contribution < -0.4 is 11.1 Å². The van der Waals surface area contributed by atoms with Gasteiger partial charge in [0.05, 0.1) is 0 Å². The topological polar surface area (TPSA) is 58.4 Å². The van der Waals surface area contributed by atoms with E-state index in [9.17, 15) is 4.79 Å². The molecular weight excluding hydrogens is 334 g/mol. The molecule has 3 N–H and O–H groups in total. The zero-order valence-electron chi connectivity index (χ0n) is 14.6. The van der Waals surface area contributed by atoms with E-state index >= 15 is 0 Å². The number of primary amides is 1. The van der Waals surface area contributed by atoms with E-state index in [4.69, 9.17) is 5.73 Å². The van der Waals surface area contributed by atoms with Crippen LogP contribution in [0, 0.1) is 0 Å². The van der Waals surface area contributed by atoms with E-state index in [0.717, 1.165) is 32.6 Å². The number of hydrogen-bond acceptors (Lipinski definition) is 3. The SMILES string of the molecule is CCc1ccc(C2CNCCN2Cc2ccc(C(N)=O)cc2)cc1.Cl. The summed E-state index contributed by atoms with van der Waals surface area (Å²) in [4.78, 5) is 13.7. The summed E-state index contributed by atoms with van der Waals surface area (Å²) in [7, 11) is 0. The third-order valence-electron chi connectivity index (χ3n) is 4.75. The molecule has 2 aromatic rings. The average molecular weight is 360 g/mol. The van der Waals surface area contributed by atoms with Crippen LogP contribution in [0.2, 0.25) is 0 Å². The van der Waals surface area contributed by atoms with Crippen LogP contribution in [0.5, 0.6) is 0 Å². The molecule has 134 valence electrons. The van der Waals surface area contributed by atoms with Crippen molar-refractivity contribution in [2.75, 3.05) is 19.6 Å². The molecule has 1 unspecified atom stereocenters. The molecule has 1 aliphatic heterocycles. The summed E-state index contributed by atoms with van der Waals surface area (Å²) in [5.41, 5.74) is 9.80. The van der Waals surface area contributed by atoms with Crippen LogP contribution >= 0.6 is 12.4 Å². The van der Waals surface area contributed by atoms with E-state index in [1.165, 1.54) is 16.7 Å². The van der Waals surface area contributed by atoms with Gasteiger partial charge in [0, 0.05) is 37.8 Å². The lowest BCUT2D eigenvalue weighted by Gasteiger charge is -2.36. The third-order valence-corrected chi connectivity index (χ3v) is 4.75. The summed E-state index contributed by atoms with van der Waals surface area (Å²) < 4.78 is 0. The number of carbonyl (C=O) groups excluding carboxylic acids is 1. The number of nitrogens with two attached hydrogens (primary N) is 1. The number of carbonyl (C=O) groups is 1. The van der Waals surface area contributed by atoms with Crippen molar-refractivity contribution < 1.29 is 4.79 Å². The maximum Gasteiger partial charge on any atom is 0.248 e. The number of aryl methyl sites for hydroxylation is 1. The van der Waals surface area contributed by atoms with Crippen LogP contribution in [0.3, 0.4) is 0 Å². The zero-order chi connectivity index (χ0) is 16.9. The van der Waals surface area contributed by atoms with Crippen molar-refractivity contribution in [3.05, 3.63) is 70.8 Å². The van der Waals surface area contributed by atoms with Crippen molar-refractivity contribution >= 4 is 18.3 Å². The second kappa shape index (κ2) is 8.99. The van der Waals surface area contributed by atoms with Gasteiger partial charge in [0.25, 0.3) is 0 Å². The van der Waals surface area contributed by atoms with Crippen molar-refractivity contribution in [1.29, 1.82) is 0 Å². The van der Waals surface area contributed by atoms with Crippen molar-refractivity contribution in [3.63, 3.8) is 0 Å². The first kappa shape index (κ1) is 19.4. The number of hydrogen-bond donors (Lipinski definition) is 2. The van der Waals surface area contributed by atoms with Crippen LogP contribution in [-0.4, -0.2) is 30.4 Å². The molecule has 1 aliphatic rings. The minimum Gasteiger partial charge on any atom is -0.366 e. The number of piperazine rings is 1. The Morgan fingerprint density at radius 1 is 1.12 bits per heavy atom. The Kier molecular flexibility index (Phi) is 7.00. The highest BCUT2D eigenvalue weighted by Gasteiger charge is 2.23. The predicted molar refractivity (Wildman–Crippen MR) is 104 cm³/mol. The molecule has 2 aromatic carbocycles. The first-order chi connectivity index (χ1) is 11.7. The predicted octanol–water partition coefficient (Wildman–Crippen LogP) is 2.92. The number of amides is 1. The van der Waals surface area contributed by atoms with Gasteiger partial charge >= 0.3 is 0 Å². The maximum atomic E-state index is 11.2. The Labute approximate surface area is 155 Å². The van der Waals surface area contributed by atoms with Crippen molar-refractivity contribution in [2.45, 2.75) is 25.9 Å². The number of halogens is 1. The van der Waals surface area contributed by atoms with Gasteiger partial charge in [-0.1, -0.05) is 43.3 Å². The molecule has 0 radical (unpaired) electrons. The van der Waals surface area contributed by atoms with Crippen molar-refractivity contribution in [1.82, 2.24) is 10.2 Å². The highest BCUT2D eigenvalue weighted by Crippen LogP contribution is 2.24. The quantitative estimate of drug-likeness (QED) is 0.863. The van der Waals surface area contributed by atoms with Crippen molar-refractivity contribution in [3.8, 4) is 0 Å². The molecule has 1 saturated heterocycles. The lowest BCUT2D eigenvalue weighted by atomic mass is 10.00. The Bertz CT molecular complexity index is 685. The highest BCUT2D eigenvalue weighted by molar-refractivity contribution is 5.92. The van der Waals surface area contributed by atoms with Gasteiger partial charge in [-0.05, 0) is 35.2 Å². The summed E-state index contributed by atoms with van der Waals surface area (Å²) in [6.07, 6.45) is 1.07. The molecule has 0 spiro atoms. The summed E-state index contributed by atoms with van der Waals surface area (Å²) in [6, 6.07) is 16.9. The standard InChI is InChI=1S/C20H25N3O.ClH/c1-2-15-3-7-17(8-4-15)19-13-22-11-12-23(19)14-16-5-9-18(10-6-16)20(21)24;/h3-10,19,22H,2,11-14H2,1H3,(H2,21,24);1H. The van der Waals surface area contributed by atoms with Gasteiger partial charge in [-0.25, -0.2) is 0 Å². The highest BCUT2D eigenvalue weighted by atomic mass is 35.5. The molecule has 0 aromatic heterocycles. The van der Waals surface area contributed by atoms with Crippen LogP contribution in [0.15, 0.2) is 48.5 Å². The fraction of sp³-hybridized carbons (Fsp3) is 0.350. The second-order valence-corrected chi connectivity index (χ2v) is 6.35. The molecule has 25 heavy (non-hydrogen) atoms. The van der Waals surface area contributed by atoms with Crippen LogP contribution in [-0.2, 0) is 13.0 Å². The number of rotatable bonds is 5. The minimum atomic E-state index is -0.377. The normalized spacial score (nSPS) is 17.7. The molecule has 1 amide bonds. The maximum absolute atomic E-state index is 11.2. The van der Waals surface area contributed by atoms with E-state index < -0.39 is 0 Å². The van der Waals surface area contributed by atoms with Gasteiger partial charge in [-0.3, -0.25) is 9.69 Å². The molecule has 0 saturated carbocycles. The molecule has 1 fully saturated rings. The van der Waals surface area contributed by atoms with Crippen LogP contribution in [0.4, 0.5) is 0 Å². The monoisotopic (exact) mass is 359 g/mol. The summed E-state index contributed by atoms with van der Waals surface area (Å²) in [6.45, 7) is 6.03. The third kappa shape index (κ3) is 4.82. The van der Waals surface area contributed by atoms with Gasteiger partial charge in [0.1, 0.15) is 0 Å². The van der Waals surface area contributed by atoms with Crippen LogP contribution in [0.1, 0.15) is 40.0 Å². The van der Waals surface area contributed by atoms with E-state index in [-0.39, 0.29) is 18.3 Å². The van der Waals surface area contributed by atoms with Gasteiger partial charge in [0.15, 0.2) is 0 Å². The fourth-order valence-corrected chi connectivity index (χ4v) is 3.25. The first-order valence-corrected chi connectivity index (χ1v) is 8.59. The molecule has 0 bridgehead atoms. The first-order valence-electron chi connectivity index (χ1n) is 8.59. The van der Waals surface area contributed by atoms with Gasteiger partial charge in [0.2, 0.25) is 5.91 Å². The van der Waals surface area contributed by atoms with E-state index in [1.807, 2.05) is 24.3 Å². The minimum absolute atomic E-state index is 0. The van der Waals surface area contributed by atoms with Gasteiger partial charge < -0.3 is 11.1 Å². The molecule has 1 atom stereocenters. The zero-order valence-corrected chi connectivity index (χ0v) is 15.4. The number of nitrogens with zero attached hydrogens (tertiary/aromatic N) is 1. The molecule has 1 heterocycles. The van der Waals surface area contributed by atoms with Crippen molar-refractivity contribution in [2.24, 2.45) is 5.73 Å². The largest absolute Gasteiger partial charge is 0.366 e. The Balaban J connectivity index is 0.00000225. The molecule has 4 nitrogen and oxygen atoms in total. The van der Waals surface area contributed by atoms with Gasteiger partial charge in [-0.2, -0.15) is 0 Å². The Morgan fingerprint density at radius 2 is 1.76 bits per heavy atom. The molecular formula is C20H26ClN3O. The smallest absolute Gasteiger partial charge is 0.248 e. The van der Waals surface area contributed by atoms with E-state index in [1.54, 1.807) is 0 Å². The number of benzene rings is 2. The Hall–Kier alpha value is -1.88. The lowest BCUT2D eigenvalue weighted by Crippen LogP contribution is -2.45. The summed E-state index contributed by atoms with van der Waals surface area (Å²) in [5, 5.41) is 3.50. The van der Waals surface area contributed by atoms with E-state index in [0.29, 0.717) is 11.6 Å². The van der Waals surface area contributed by atoms with E-state index in [2.05, 4.69) is 41.4 Å². The molecule has 5 heteroatoms. The molecule has 0 aliphatic carbocycles. The summed E-state index contributed by atoms with van der Waals surface area (Å²) >= 11 is 0. The molecule has 3 rings (SSSR count). The summed E-state index contributed by atoms with van der Waals surface area (Å²) in [5.74, 6) is -0.377. The van der Waals surface area contributed by atoms with Gasteiger partial charge in [-0.15, -0.1) is 12.4 Å². The van der Waals surface area contributed by atoms with Crippen LogP contribution in [0.25, 0.3) is 0 Å². The average Bonchev–Trinajstić information content (AvgIpc) is 2.63. The lowest BCUT2D eigenvalue weighted by molar-refractivity contribution is 0.1000.